The fraction of sp³-hybridized carbons (Fsp3) is 0.324. The standard InChI is InChI=1S/C34H33FN10O8S2/c1-17(53-34(49)50-14-23-21-9-4-2-7-19(21)20-8-3-5-10-22(20)23)52-31(48)26-18(13-39-42-33-37-11-6-12-38-33)15-54-30-25(29(47)45(26)30)40-28(46)24(43-51-16-35)27-41-32(36)55-44-27/h2-5,7-10,13,17,23,25,30H,6,11-12,14-16H2,1H3,(H,40,46)(H2,36,41,44)(H2,37,38,42). The molecular weight excluding hydrogens is 760 g/mol. The van der Waals surface area contributed by atoms with Crippen LogP contribution in [0.15, 0.2) is 75.1 Å². The second kappa shape index (κ2) is 16.5. The molecule has 1 aliphatic carbocycles. The molecule has 1 aromatic heterocycles. The molecule has 1 saturated heterocycles. The topological polar surface area (TPSA) is 233 Å². The normalized spacial score (nSPS) is 19.6. The van der Waals surface area contributed by atoms with Gasteiger partial charge in [-0.15, -0.1) is 11.8 Å². The highest BCUT2D eigenvalue weighted by Crippen LogP contribution is 2.44. The van der Waals surface area contributed by atoms with Crippen molar-refractivity contribution < 1.29 is 42.6 Å². The summed E-state index contributed by atoms with van der Waals surface area (Å²) in [5, 5.41) is 12.5. The largest absolute Gasteiger partial charge is 0.511 e. The van der Waals surface area contributed by atoms with Gasteiger partial charge in [0, 0.05) is 48.8 Å². The Morgan fingerprint density at radius 1 is 1.15 bits per heavy atom. The van der Waals surface area contributed by atoms with Crippen molar-refractivity contribution in [1.82, 2.24) is 30.3 Å². The summed E-state index contributed by atoms with van der Waals surface area (Å²) in [4.78, 5) is 67.2. The molecule has 7 rings (SSSR count). The molecule has 286 valence electrons. The van der Waals surface area contributed by atoms with Crippen LogP contribution in [0.2, 0.25) is 0 Å². The molecular formula is C34H33FN10O8S2. The number of hydrogen-bond acceptors (Lipinski definition) is 18. The second-order valence-electron chi connectivity index (χ2n) is 12.1. The van der Waals surface area contributed by atoms with E-state index in [0.29, 0.717) is 24.6 Å². The van der Waals surface area contributed by atoms with Crippen LogP contribution in [0.25, 0.3) is 11.1 Å². The van der Waals surface area contributed by atoms with E-state index in [1.165, 1.54) is 24.9 Å². The third-order valence-corrected chi connectivity index (χ3v) is 10.5. The quantitative estimate of drug-likeness (QED) is 0.0677. The van der Waals surface area contributed by atoms with Gasteiger partial charge >= 0.3 is 12.1 Å². The number of fused-ring (bicyclic) bond motifs is 4. The smallest absolute Gasteiger partial charge is 0.433 e. The van der Waals surface area contributed by atoms with E-state index >= 15 is 0 Å². The van der Waals surface area contributed by atoms with Gasteiger partial charge in [0.15, 0.2) is 5.13 Å². The Morgan fingerprint density at radius 3 is 2.56 bits per heavy atom. The number of nitrogens with one attached hydrogen (secondary N) is 3. The molecule has 0 saturated carbocycles. The number of anilines is 1. The molecule has 21 heteroatoms. The lowest BCUT2D eigenvalue weighted by Crippen LogP contribution is -2.71. The van der Waals surface area contributed by atoms with Crippen LogP contribution in [-0.4, -0.2) is 106 Å². The molecule has 0 radical (unpaired) electrons. The lowest BCUT2D eigenvalue weighted by molar-refractivity contribution is -0.169. The number of halogens is 1. The molecule has 3 aliphatic heterocycles. The van der Waals surface area contributed by atoms with Gasteiger partial charge in [0.2, 0.25) is 23.8 Å². The predicted molar refractivity (Wildman–Crippen MR) is 198 cm³/mol. The van der Waals surface area contributed by atoms with Crippen molar-refractivity contribution >= 4 is 70.3 Å². The number of nitrogens with zero attached hydrogens (tertiary/aromatic N) is 6. The first-order chi connectivity index (χ1) is 26.7. The van der Waals surface area contributed by atoms with Gasteiger partial charge in [0.25, 0.3) is 18.7 Å². The Kier molecular flexibility index (Phi) is 11.2. The monoisotopic (exact) mass is 792 g/mol. The number of nitrogens with two attached hydrogens (primary N) is 1. The molecule has 0 bridgehead atoms. The van der Waals surface area contributed by atoms with Crippen LogP contribution in [0.3, 0.4) is 0 Å². The number of amides is 2. The number of aliphatic imine (C=N–C) groups is 1. The first-order valence-electron chi connectivity index (χ1n) is 16.9. The number of guanidine groups is 1. The van der Waals surface area contributed by atoms with Gasteiger partial charge in [0.05, 0.1) is 6.21 Å². The van der Waals surface area contributed by atoms with E-state index in [1.807, 2.05) is 48.5 Å². The molecule has 3 unspecified atom stereocenters. The van der Waals surface area contributed by atoms with Gasteiger partial charge in [-0.3, -0.25) is 19.5 Å². The minimum atomic E-state index is -1.43. The molecule has 1 fully saturated rings. The number of nitrogen functional groups attached to an aromatic ring is 1. The Balaban J connectivity index is 1.03. The number of alkyl halides is 1. The van der Waals surface area contributed by atoms with E-state index in [2.05, 4.69) is 45.5 Å². The zero-order valence-corrected chi connectivity index (χ0v) is 30.6. The van der Waals surface area contributed by atoms with Gasteiger partial charge in [-0.05, 0) is 28.7 Å². The molecule has 3 atom stereocenters. The zero-order chi connectivity index (χ0) is 38.5. The molecule has 3 aromatic rings. The molecule has 4 heterocycles. The fourth-order valence-corrected chi connectivity index (χ4v) is 8.05. The number of ether oxygens (including phenoxy) is 3. The Morgan fingerprint density at radius 2 is 1.89 bits per heavy atom. The highest BCUT2D eigenvalue weighted by Gasteiger charge is 2.55. The minimum absolute atomic E-state index is 0.0149. The van der Waals surface area contributed by atoms with Crippen molar-refractivity contribution in [2.75, 3.05) is 38.0 Å². The summed E-state index contributed by atoms with van der Waals surface area (Å²) in [6.07, 6.45) is -0.274. The van der Waals surface area contributed by atoms with E-state index < -0.39 is 54.2 Å². The van der Waals surface area contributed by atoms with Gasteiger partial charge in [-0.25, -0.2) is 19.4 Å². The highest BCUT2D eigenvalue weighted by atomic mass is 32.2. The number of thioether (sulfide) groups is 1. The molecule has 18 nitrogen and oxygen atoms in total. The van der Waals surface area contributed by atoms with Crippen molar-refractivity contribution in [2.45, 2.75) is 37.0 Å². The van der Waals surface area contributed by atoms with Gasteiger partial charge < -0.3 is 35.4 Å². The third-order valence-electron chi connectivity index (χ3n) is 8.70. The number of rotatable bonds is 12. The SMILES string of the molecule is CC(OC(=O)OCC1c2ccccc2-c2ccccc21)OC(=O)C1=C(C=NNC2=NCCCN2)CSC2C(NC(=O)C(=NOCF)c3nsc(N)n3)C(=O)N12. The number of hydrogen-bond donors (Lipinski definition) is 4. The minimum Gasteiger partial charge on any atom is -0.433 e. The predicted octanol–water partition coefficient (Wildman–Crippen LogP) is 2.20. The Bertz CT molecular complexity index is 2080. The second-order valence-corrected chi connectivity index (χ2v) is 14.0. The number of β-lactam (4-membered cyclic amide) rings is 1. The average Bonchev–Trinajstić information content (AvgIpc) is 3.76. The lowest BCUT2D eigenvalue weighted by Gasteiger charge is -2.49. The van der Waals surface area contributed by atoms with Crippen molar-refractivity contribution in [3.8, 4) is 11.1 Å². The number of carbonyl (C=O) groups is 4. The van der Waals surface area contributed by atoms with Gasteiger partial charge in [-0.2, -0.15) is 14.5 Å². The van der Waals surface area contributed by atoms with Crippen LogP contribution in [0.5, 0.6) is 0 Å². The van der Waals surface area contributed by atoms with Gasteiger partial charge in [-0.1, -0.05) is 53.7 Å². The number of oxime groups is 1. The summed E-state index contributed by atoms with van der Waals surface area (Å²) in [6.45, 7) is 1.29. The van der Waals surface area contributed by atoms with Crippen LogP contribution >= 0.6 is 23.3 Å². The van der Waals surface area contributed by atoms with E-state index in [9.17, 15) is 23.6 Å². The third kappa shape index (κ3) is 7.92. The molecule has 4 aliphatic rings. The summed E-state index contributed by atoms with van der Waals surface area (Å²) in [5.74, 6) is -2.49. The highest BCUT2D eigenvalue weighted by molar-refractivity contribution is 8.00. The maximum Gasteiger partial charge on any atom is 0.511 e. The number of benzene rings is 2. The van der Waals surface area contributed by atoms with E-state index in [1.54, 1.807) is 0 Å². The summed E-state index contributed by atoms with van der Waals surface area (Å²) >= 11 is 2.00. The first-order valence-corrected chi connectivity index (χ1v) is 18.7. The van der Waals surface area contributed by atoms with Crippen LogP contribution in [0, 0.1) is 0 Å². The summed E-state index contributed by atoms with van der Waals surface area (Å²) in [6, 6.07) is 14.6. The average molecular weight is 793 g/mol. The van der Waals surface area contributed by atoms with Gasteiger partial charge in [0.1, 0.15) is 23.7 Å². The molecule has 0 spiro atoms. The van der Waals surface area contributed by atoms with Crippen molar-refractivity contribution in [3.05, 3.63) is 76.8 Å². The number of esters is 1. The van der Waals surface area contributed by atoms with Crippen molar-refractivity contribution in [1.29, 1.82) is 0 Å². The fourth-order valence-electron chi connectivity index (χ4n) is 6.31. The number of carbonyl (C=O) groups excluding carboxylic acids is 4. The number of hydrazone groups is 1. The van der Waals surface area contributed by atoms with E-state index in [0.717, 1.165) is 45.1 Å². The first kappa shape index (κ1) is 37.2. The summed E-state index contributed by atoms with van der Waals surface area (Å²) < 4.78 is 33.0. The van der Waals surface area contributed by atoms with Crippen molar-refractivity contribution in [2.24, 2.45) is 15.2 Å². The van der Waals surface area contributed by atoms with E-state index in [4.69, 9.17) is 19.9 Å². The molecule has 2 amide bonds. The maximum absolute atomic E-state index is 13.8. The Hall–Kier alpha value is -6.09. The molecule has 55 heavy (non-hydrogen) atoms. The summed E-state index contributed by atoms with van der Waals surface area (Å²) in [7, 11) is 0. The zero-order valence-electron chi connectivity index (χ0n) is 29.0. The van der Waals surface area contributed by atoms with Crippen LogP contribution in [-0.2, 0) is 33.4 Å². The van der Waals surface area contributed by atoms with Crippen LogP contribution in [0.1, 0.15) is 36.2 Å². The summed E-state index contributed by atoms with van der Waals surface area (Å²) in [5.41, 5.74) is 12.1. The number of aromatic nitrogens is 2. The van der Waals surface area contributed by atoms with Crippen molar-refractivity contribution in [3.63, 3.8) is 0 Å². The molecule has 5 N–H and O–H groups in total. The van der Waals surface area contributed by atoms with E-state index in [-0.39, 0.29) is 34.9 Å². The maximum atomic E-state index is 13.8. The molecule has 2 aromatic carbocycles. The van der Waals surface area contributed by atoms with Crippen LogP contribution in [0.4, 0.5) is 14.3 Å². The Labute approximate surface area is 320 Å². The van der Waals surface area contributed by atoms with Crippen LogP contribution < -0.4 is 21.8 Å². The lowest BCUT2D eigenvalue weighted by atomic mass is 9.98.